The van der Waals surface area contributed by atoms with Gasteiger partial charge in [0.1, 0.15) is 0 Å². The lowest BCUT2D eigenvalue weighted by atomic mass is 9.75. The Labute approximate surface area is 122 Å². The highest BCUT2D eigenvalue weighted by Crippen LogP contribution is 2.35. The molecule has 3 rings (SSSR count). The van der Waals surface area contributed by atoms with E-state index >= 15 is 0 Å². The van der Waals surface area contributed by atoms with E-state index in [1.165, 1.54) is 42.0 Å². The van der Waals surface area contributed by atoms with Crippen LogP contribution in [0, 0.1) is 5.41 Å². The van der Waals surface area contributed by atoms with Gasteiger partial charge >= 0.3 is 0 Å². The first-order valence-electron chi connectivity index (χ1n) is 7.84. The molecule has 1 aliphatic rings. The second kappa shape index (κ2) is 5.57. The van der Waals surface area contributed by atoms with Crippen molar-refractivity contribution >= 4 is 10.8 Å². The number of hydrogen-bond acceptors (Lipinski definition) is 1. The van der Waals surface area contributed by atoms with Crippen molar-refractivity contribution < 1.29 is 0 Å². The van der Waals surface area contributed by atoms with E-state index in [-0.39, 0.29) is 0 Å². The second-order valence-corrected chi connectivity index (χ2v) is 6.96. The molecule has 0 aliphatic heterocycles. The maximum absolute atomic E-state index is 3.77. The molecule has 0 unspecified atom stereocenters. The Hall–Kier alpha value is -1.34. The third-order valence-corrected chi connectivity index (χ3v) is 4.80. The van der Waals surface area contributed by atoms with E-state index < -0.39 is 0 Å². The van der Waals surface area contributed by atoms with Crippen LogP contribution >= 0.6 is 0 Å². The molecule has 20 heavy (non-hydrogen) atoms. The van der Waals surface area contributed by atoms with Gasteiger partial charge in [-0.1, -0.05) is 56.3 Å². The predicted octanol–water partition coefficient (Wildman–Crippen LogP) is 4.90. The average molecular weight is 267 g/mol. The number of hydrogen-bond donors (Lipinski definition) is 1. The summed E-state index contributed by atoms with van der Waals surface area (Å²) in [6.45, 7) is 5.79. The molecule has 2 aromatic carbocycles. The van der Waals surface area contributed by atoms with Crippen LogP contribution in [0.2, 0.25) is 0 Å². The molecular weight excluding hydrogens is 242 g/mol. The molecule has 1 N–H and O–H groups in total. The van der Waals surface area contributed by atoms with Gasteiger partial charge in [-0.2, -0.15) is 0 Å². The largest absolute Gasteiger partial charge is 0.310 e. The summed E-state index contributed by atoms with van der Waals surface area (Å²) in [5.41, 5.74) is 1.98. The van der Waals surface area contributed by atoms with Crippen LogP contribution in [-0.2, 0) is 6.54 Å². The van der Waals surface area contributed by atoms with E-state index in [0.29, 0.717) is 11.5 Å². The summed E-state index contributed by atoms with van der Waals surface area (Å²) >= 11 is 0. The minimum Gasteiger partial charge on any atom is -0.310 e. The maximum Gasteiger partial charge on any atom is 0.0214 e. The van der Waals surface area contributed by atoms with Gasteiger partial charge in [-0.3, -0.25) is 0 Å². The molecular formula is C19H25N. The lowest BCUT2D eigenvalue weighted by molar-refractivity contribution is 0.206. The van der Waals surface area contributed by atoms with Gasteiger partial charge in [0.15, 0.2) is 0 Å². The molecule has 0 amide bonds. The van der Waals surface area contributed by atoms with Crippen LogP contribution in [0.1, 0.15) is 45.1 Å². The number of rotatable bonds is 3. The fourth-order valence-corrected chi connectivity index (χ4v) is 3.30. The van der Waals surface area contributed by atoms with Gasteiger partial charge in [0.2, 0.25) is 0 Å². The zero-order chi connectivity index (χ0) is 14.0. The van der Waals surface area contributed by atoms with Crippen molar-refractivity contribution in [3.8, 4) is 0 Å². The van der Waals surface area contributed by atoms with Crippen LogP contribution in [0.4, 0.5) is 0 Å². The van der Waals surface area contributed by atoms with Crippen molar-refractivity contribution in [3.05, 3.63) is 48.0 Å². The zero-order valence-electron chi connectivity index (χ0n) is 12.7. The van der Waals surface area contributed by atoms with Gasteiger partial charge in [-0.15, -0.1) is 0 Å². The summed E-state index contributed by atoms with van der Waals surface area (Å²) in [6.07, 6.45) is 5.33. The van der Waals surface area contributed by atoms with E-state index in [1.54, 1.807) is 0 Å². The van der Waals surface area contributed by atoms with E-state index in [0.717, 1.165) is 6.54 Å². The third kappa shape index (κ3) is 3.04. The summed E-state index contributed by atoms with van der Waals surface area (Å²) in [4.78, 5) is 0. The first-order valence-corrected chi connectivity index (χ1v) is 7.84. The standard InChI is InChI=1S/C19H25N/c1-19(2)12-10-17(11-13-19)20-14-16-8-5-7-15-6-3-4-9-18(15)16/h3-9,17,20H,10-14H2,1-2H3. The van der Waals surface area contributed by atoms with Crippen LogP contribution in [0.25, 0.3) is 10.8 Å². The van der Waals surface area contributed by atoms with Crippen molar-refractivity contribution in [1.29, 1.82) is 0 Å². The molecule has 106 valence electrons. The quantitative estimate of drug-likeness (QED) is 0.834. The fraction of sp³-hybridized carbons (Fsp3) is 0.474. The van der Waals surface area contributed by atoms with Crippen LogP contribution in [0.3, 0.4) is 0 Å². The summed E-state index contributed by atoms with van der Waals surface area (Å²) in [5.74, 6) is 0. The van der Waals surface area contributed by atoms with Crippen molar-refractivity contribution in [2.24, 2.45) is 5.41 Å². The van der Waals surface area contributed by atoms with Crippen molar-refractivity contribution in [3.63, 3.8) is 0 Å². The van der Waals surface area contributed by atoms with Crippen molar-refractivity contribution in [1.82, 2.24) is 5.32 Å². The predicted molar refractivity (Wildman–Crippen MR) is 86.8 cm³/mol. The maximum atomic E-state index is 3.77. The topological polar surface area (TPSA) is 12.0 Å². The Morgan fingerprint density at radius 3 is 2.50 bits per heavy atom. The number of nitrogens with one attached hydrogen (secondary N) is 1. The zero-order valence-corrected chi connectivity index (χ0v) is 12.7. The SMILES string of the molecule is CC1(C)CCC(NCc2cccc3ccccc23)CC1. The summed E-state index contributed by atoms with van der Waals surface area (Å²) in [6, 6.07) is 16.0. The Kier molecular flexibility index (Phi) is 3.80. The second-order valence-electron chi connectivity index (χ2n) is 6.96. The minimum absolute atomic E-state index is 0.553. The molecule has 1 saturated carbocycles. The van der Waals surface area contributed by atoms with Gasteiger partial charge < -0.3 is 5.32 Å². The molecule has 0 bridgehead atoms. The molecule has 0 aromatic heterocycles. The highest BCUT2D eigenvalue weighted by Gasteiger charge is 2.26. The van der Waals surface area contributed by atoms with Gasteiger partial charge in [0, 0.05) is 12.6 Å². The van der Waals surface area contributed by atoms with E-state index in [4.69, 9.17) is 0 Å². The number of fused-ring (bicyclic) bond motifs is 1. The van der Waals surface area contributed by atoms with Crippen LogP contribution in [0.5, 0.6) is 0 Å². The van der Waals surface area contributed by atoms with E-state index in [9.17, 15) is 0 Å². The molecule has 0 heterocycles. The van der Waals surface area contributed by atoms with Gasteiger partial charge in [-0.25, -0.2) is 0 Å². The van der Waals surface area contributed by atoms with E-state index in [1.807, 2.05) is 0 Å². The molecule has 1 heteroatoms. The first-order chi connectivity index (χ1) is 9.64. The molecule has 1 fully saturated rings. The highest BCUT2D eigenvalue weighted by molar-refractivity contribution is 5.85. The van der Waals surface area contributed by atoms with Crippen molar-refractivity contribution in [2.45, 2.75) is 52.1 Å². The van der Waals surface area contributed by atoms with Crippen LogP contribution in [0.15, 0.2) is 42.5 Å². The smallest absolute Gasteiger partial charge is 0.0214 e. The lowest BCUT2D eigenvalue weighted by Crippen LogP contribution is -2.35. The molecule has 0 spiro atoms. The Balaban J connectivity index is 1.66. The normalized spacial score (nSPS) is 19.3. The first kappa shape index (κ1) is 13.6. The van der Waals surface area contributed by atoms with E-state index in [2.05, 4.69) is 61.6 Å². The lowest BCUT2D eigenvalue weighted by Gasteiger charge is -2.34. The monoisotopic (exact) mass is 267 g/mol. The molecule has 0 radical (unpaired) electrons. The Bertz CT molecular complexity index is 570. The molecule has 0 saturated heterocycles. The summed E-state index contributed by atoms with van der Waals surface area (Å²) < 4.78 is 0. The molecule has 0 atom stereocenters. The Morgan fingerprint density at radius 1 is 1.00 bits per heavy atom. The van der Waals surface area contributed by atoms with Gasteiger partial charge in [-0.05, 0) is 47.4 Å². The van der Waals surface area contributed by atoms with Crippen LogP contribution < -0.4 is 5.32 Å². The average Bonchev–Trinajstić information content (AvgIpc) is 2.46. The van der Waals surface area contributed by atoms with Gasteiger partial charge in [0.25, 0.3) is 0 Å². The summed E-state index contributed by atoms with van der Waals surface area (Å²) in [7, 11) is 0. The Morgan fingerprint density at radius 2 is 1.70 bits per heavy atom. The molecule has 1 nitrogen and oxygen atoms in total. The molecule has 2 aromatic rings. The minimum atomic E-state index is 0.553. The van der Waals surface area contributed by atoms with Crippen LogP contribution in [-0.4, -0.2) is 6.04 Å². The van der Waals surface area contributed by atoms with Gasteiger partial charge in [0.05, 0.1) is 0 Å². The number of benzene rings is 2. The fourth-order valence-electron chi connectivity index (χ4n) is 3.30. The van der Waals surface area contributed by atoms with Crippen molar-refractivity contribution in [2.75, 3.05) is 0 Å². The third-order valence-electron chi connectivity index (χ3n) is 4.80. The molecule has 1 aliphatic carbocycles. The summed E-state index contributed by atoms with van der Waals surface area (Å²) in [5, 5.41) is 6.50. The highest BCUT2D eigenvalue weighted by atomic mass is 14.9.